The fourth-order valence-electron chi connectivity index (χ4n) is 2.00. The highest BCUT2D eigenvalue weighted by Gasteiger charge is 2.37. The van der Waals surface area contributed by atoms with Gasteiger partial charge in [-0.3, -0.25) is 4.79 Å². The van der Waals surface area contributed by atoms with Gasteiger partial charge in [0.15, 0.2) is 0 Å². The van der Waals surface area contributed by atoms with Gasteiger partial charge >= 0.3 is 0 Å². The molecule has 1 N–H and O–H groups in total. The number of hydrogen-bond donors (Lipinski definition) is 1. The molecule has 7 heteroatoms. The van der Waals surface area contributed by atoms with Gasteiger partial charge in [-0.25, -0.2) is 8.42 Å². The van der Waals surface area contributed by atoms with Crippen molar-refractivity contribution in [2.24, 2.45) is 0 Å². The Morgan fingerprint density at radius 1 is 1.25 bits per heavy atom. The van der Waals surface area contributed by atoms with Gasteiger partial charge < -0.3 is 10.2 Å². The fourth-order valence-corrected chi connectivity index (χ4v) is 3.52. The van der Waals surface area contributed by atoms with Crippen molar-refractivity contribution in [1.29, 1.82) is 0 Å². The quantitative estimate of drug-likeness (QED) is 0.882. The number of rotatable bonds is 4. The molecule has 20 heavy (non-hydrogen) atoms. The van der Waals surface area contributed by atoms with E-state index in [1.807, 2.05) is 19.0 Å². The van der Waals surface area contributed by atoms with Crippen LogP contribution in [-0.4, -0.2) is 56.8 Å². The molecule has 1 saturated heterocycles. The summed E-state index contributed by atoms with van der Waals surface area (Å²) >= 11 is 0. The summed E-state index contributed by atoms with van der Waals surface area (Å²) in [6.07, 6.45) is 0. The van der Waals surface area contributed by atoms with Gasteiger partial charge in [-0.1, -0.05) is 0 Å². The molecule has 0 unspecified atom stereocenters. The van der Waals surface area contributed by atoms with Gasteiger partial charge in [-0.15, -0.1) is 0 Å². The molecule has 0 aliphatic carbocycles. The van der Waals surface area contributed by atoms with Crippen LogP contribution in [-0.2, 0) is 14.8 Å². The van der Waals surface area contributed by atoms with E-state index in [1.165, 1.54) is 23.4 Å². The summed E-state index contributed by atoms with van der Waals surface area (Å²) in [7, 11) is 0.463. The van der Waals surface area contributed by atoms with Crippen LogP contribution in [0.5, 0.6) is 0 Å². The highest BCUT2D eigenvalue weighted by atomic mass is 32.2. The van der Waals surface area contributed by atoms with Crippen LogP contribution < -0.4 is 5.32 Å². The molecule has 2 rings (SSSR count). The standard InChI is InChI=1S/C13H19N3O3S/c1-10(17)14-11-4-6-13(7-5-11)20(18,19)16-8-12(9-16)15(2)3/h4-7,12H,8-9H2,1-3H3,(H,14,17). The second kappa shape index (κ2) is 5.51. The lowest BCUT2D eigenvalue weighted by atomic mass is 10.2. The predicted molar refractivity (Wildman–Crippen MR) is 77.0 cm³/mol. The molecule has 0 saturated carbocycles. The number of carbonyl (C=O) groups excluding carboxylic acids is 1. The summed E-state index contributed by atoms with van der Waals surface area (Å²) < 4.78 is 26.1. The smallest absolute Gasteiger partial charge is 0.243 e. The molecular formula is C13H19N3O3S. The van der Waals surface area contributed by atoms with E-state index in [9.17, 15) is 13.2 Å². The van der Waals surface area contributed by atoms with Gasteiger partial charge in [-0.2, -0.15) is 4.31 Å². The summed E-state index contributed by atoms with van der Waals surface area (Å²) in [6.45, 7) is 2.44. The maximum absolute atomic E-state index is 12.3. The first-order chi connectivity index (χ1) is 9.30. The highest BCUT2D eigenvalue weighted by Crippen LogP contribution is 2.24. The third kappa shape index (κ3) is 3.00. The molecule has 0 atom stereocenters. The minimum absolute atomic E-state index is 0.183. The van der Waals surface area contributed by atoms with Crippen LogP contribution >= 0.6 is 0 Å². The zero-order chi connectivity index (χ0) is 14.9. The minimum atomic E-state index is -3.42. The van der Waals surface area contributed by atoms with E-state index in [-0.39, 0.29) is 16.8 Å². The summed E-state index contributed by atoms with van der Waals surface area (Å²) in [5.74, 6) is -0.183. The number of hydrogen-bond acceptors (Lipinski definition) is 4. The molecule has 1 aromatic carbocycles. The Bertz CT molecular complexity index is 590. The lowest BCUT2D eigenvalue weighted by Gasteiger charge is -2.41. The molecule has 0 aromatic heterocycles. The number of carbonyl (C=O) groups is 1. The molecule has 1 fully saturated rings. The first-order valence-electron chi connectivity index (χ1n) is 6.35. The molecule has 1 amide bonds. The largest absolute Gasteiger partial charge is 0.326 e. The van der Waals surface area contributed by atoms with E-state index in [2.05, 4.69) is 5.32 Å². The van der Waals surface area contributed by atoms with Gasteiger partial charge in [-0.05, 0) is 38.4 Å². The maximum atomic E-state index is 12.3. The van der Waals surface area contributed by atoms with Gasteiger partial charge in [0.1, 0.15) is 0 Å². The number of anilines is 1. The van der Waals surface area contributed by atoms with E-state index in [1.54, 1.807) is 12.1 Å². The minimum Gasteiger partial charge on any atom is -0.326 e. The third-order valence-electron chi connectivity index (χ3n) is 3.37. The van der Waals surface area contributed by atoms with Crippen LogP contribution in [0.2, 0.25) is 0 Å². The first-order valence-corrected chi connectivity index (χ1v) is 7.79. The van der Waals surface area contributed by atoms with Crippen LogP contribution in [0.15, 0.2) is 29.2 Å². The Morgan fingerprint density at radius 3 is 2.25 bits per heavy atom. The highest BCUT2D eigenvalue weighted by molar-refractivity contribution is 7.89. The Balaban J connectivity index is 2.09. The molecule has 0 radical (unpaired) electrons. The fraction of sp³-hybridized carbons (Fsp3) is 0.462. The van der Waals surface area contributed by atoms with Crippen LogP contribution in [0.25, 0.3) is 0 Å². The van der Waals surface area contributed by atoms with E-state index in [0.29, 0.717) is 18.8 Å². The first kappa shape index (κ1) is 15.0. The molecule has 1 aliphatic rings. The third-order valence-corrected chi connectivity index (χ3v) is 5.22. The Kier molecular flexibility index (Phi) is 4.12. The topological polar surface area (TPSA) is 69.7 Å². The molecule has 110 valence electrons. The number of sulfonamides is 1. The van der Waals surface area contributed by atoms with Gasteiger partial charge in [0.2, 0.25) is 15.9 Å². The lowest BCUT2D eigenvalue weighted by Crippen LogP contribution is -2.58. The Hall–Kier alpha value is -1.44. The number of amides is 1. The normalized spacial score (nSPS) is 17.0. The summed E-state index contributed by atoms with van der Waals surface area (Å²) in [5, 5.41) is 2.61. The van der Waals surface area contributed by atoms with Crippen molar-refractivity contribution in [2.75, 3.05) is 32.5 Å². The van der Waals surface area contributed by atoms with Gasteiger partial charge in [0, 0.05) is 31.7 Å². The second-order valence-corrected chi connectivity index (χ2v) is 7.08. The molecule has 1 aliphatic heterocycles. The molecular weight excluding hydrogens is 278 g/mol. The second-order valence-electron chi connectivity index (χ2n) is 5.15. The molecule has 1 aromatic rings. The summed E-state index contributed by atoms with van der Waals surface area (Å²) in [5.41, 5.74) is 0.589. The van der Waals surface area contributed by atoms with Crippen LogP contribution in [0, 0.1) is 0 Å². The van der Waals surface area contributed by atoms with Crippen LogP contribution in [0.3, 0.4) is 0 Å². The SMILES string of the molecule is CC(=O)Nc1ccc(S(=O)(=O)N2CC(N(C)C)C2)cc1. The maximum Gasteiger partial charge on any atom is 0.243 e. The van der Waals surface area contributed by atoms with Gasteiger partial charge in [0.05, 0.1) is 4.90 Å². The summed E-state index contributed by atoms with van der Waals surface area (Å²) in [4.78, 5) is 13.2. The van der Waals surface area contributed by atoms with E-state index in [0.717, 1.165) is 0 Å². The number of nitrogens with one attached hydrogen (secondary N) is 1. The lowest BCUT2D eigenvalue weighted by molar-refractivity contribution is -0.114. The average molecular weight is 297 g/mol. The summed E-state index contributed by atoms with van der Waals surface area (Å²) in [6, 6.07) is 6.51. The van der Waals surface area contributed by atoms with Crippen molar-refractivity contribution in [2.45, 2.75) is 17.9 Å². The van der Waals surface area contributed by atoms with Crippen molar-refractivity contribution in [1.82, 2.24) is 9.21 Å². The average Bonchev–Trinajstić information content (AvgIpc) is 2.25. The number of benzene rings is 1. The zero-order valence-electron chi connectivity index (χ0n) is 11.8. The molecule has 6 nitrogen and oxygen atoms in total. The number of likely N-dealkylation sites (N-methyl/N-ethyl adjacent to an activating group) is 1. The van der Waals surface area contributed by atoms with Crippen molar-refractivity contribution in [3.8, 4) is 0 Å². The predicted octanol–water partition coefficient (Wildman–Crippen LogP) is 0.580. The van der Waals surface area contributed by atoms with E-state index >= 15 is 0 Å². The molecule has 0 bridgehead atoms. The molecule has 1 heterocycles. The Morgan fingerprint density at radius 2 is 1.80 bits per heavy atom. The Labute approximate surface area is 119 Å². The van der Waals surface area contributed by atoms with Crippen LogP contribution in [0.1, 0.15) is 6.92 Å². The van der Waals surface area contributed by atoms with Crippen LogP contribution in [0.4, 0.5) is 5.69 Å². The van der Waals surface area contributed by atoms with Crippen molar-refractivity contribution < 1.29 is 13.2 Å². The monoisotopic (exact) mass is 297 g/mol. The van der Waals surface area contributed by atoms with Crippen molar-refractivity contribution in [3.63, 3.8) is 0 Å². The van der Waals surface area contributed by atoms with Crippen molar-refractivity contribution >= 4 is 21.6 Å². The molecule has 0 spiro atoms. The zero-order valence-corrected chi connectivity index (χ0v) is 12.6. The van der Waals surface area contributed by atoms with Gasteiger partial charge in [0.25, 0.3) is 0 Å². The van der Waals surface area contributed by atoms with Crippen molar-refractivity contribution in [3.05, 3.63) is 24.3 Å². The number of nitrogens with zero attached hydrogens (tertiary/aromatic N) is 2. The van der Waals surface area contributed by atoms with E-state index < -0.39 is 10.0 Å². The van der Waals surface area contributed by atoms with E-state index in [4.69, 9.17) is 0 Å².